The quantitative estimate of drug-likeness (QED) is 0.291. The molecule has 0 saturated heterocycles. The third-order valence-electron chi connectivity index (χ3n) is 1.02. The molecule has 11 heavy (non-hydrogen) atoms. The van der Waals surface area contributed by atoms with Crippen molar-refractivity contribution in [3.05, 3.63) is 30.3 Å². The molecule has 0 amide bonds. The van der Waals surface area contributed by atoms with Crippen LogP contribution in [0, 0.1) is 6.07 Å². The fourth-order valence-corrected chi connectivity index (χ4v) is 0.594. The molecule has 54 valence electrons. The first kappa shape index (κ1) is 10.6. The van der Waals surface area contributed by atoms with E-state index in [9.17, 15) is 0 Å². The Hall–Kier alpha value is -0.423. The van der Waals surface area contributed by atoms with Crippen LogP contribution in [-0.4, -0.2) is 13.9 Å². The minimum Gasteiger partial charge on any atom is -0.528 e. The summed E-state index contributed by atoms with van der Waals surface area (Å²) in [5, 5.41) is 0. The Morgan fingerprint density at radius 3 is 2.91 bits per heavy atom. The molecule has 1 aromatic carbocycles. The SMILES string of the molecule is COCOc1c[c-]ccc1.[Li+]. The molecule has 3 heteroatoms. The summed E-state index contributed by atoms with van der Waals surface area (Å²) in [5.74, 6) is 0.782. The van der Waals surface area contributed by atoms with Gasteiger partial charge < -0.3 is 9.47 Å². The Kier molecular flexibility index (Phi) is 6.06. The van der Waals surface area contributed by atoms with Crippen molar-refractivity contribution in [3.8, 4) is 5.75 Å². The molecule has 0 radical (unpaired) electrons. The van der Waals surface area contributed by atoms with Gasteiger partial charge in [-0.2, -0.15) is 18.2 Å². The summed E-state index contributed by atoms with van der Waals surface area (Å²) >= 11 is 0. The van der Waals surface area contributed by atoms with Gasteiger partial charge in [0.05, 0.1) is 0 Å². The van der Waals surface area contributed by atoms with Crippen LogP contribution in [0.15, 0.2) is 24.3 Å². The van der Waals surface area contributed by atoms with Crippen molar-refractivity contribution in [2.75, 3.05) is 13.9 Å². The van der Waals surface area contributed by atoms with Crippen LogP contribution in [-0.2, 0) is 4.74 Å². The van der Waals surface area contributed by atoms with Gasteiger partial charge in [-0.15, -0.1) is 12.1 Å². The Balaban J connectivity index is 0.000001000. The number of ether oxygens (including phenoxy) is 2. The van der Waals surface area contributed by atoms with Crippen molar-refractivity contribution in [3.63, 3.8) is 0 Å². The third kappa shape index (κ3) is 4.10. The van der Waals surface area contributed by atoms with Gasteiger partial charge in [-0.25, -0.2) is 0 Å². The van der Waals surface area contributed by atoms with Crippen LogP contribution < -0.4 is 23.6 Å². The standard InChI is InChI=1S/C8H9O2.Li/c1-9-7-10-8-5-3-2-4-6-8;/h2-3,5-6H,7H2,1H3;/q-1;+1. The number of benzene rings is 1. The Labute approximate surface area is 78.7 Å². The Morgan fingerprint density at radius 1 is 1.55 bits per heavy atom. The number of rotatable bonds is 3. The minimum atomic E-state index is 0. The van der Waals surface area contributed by atoms with E-state index in [0.29, 0.717) is 0 Å². The summed E-state index contributed by atoms with van der Waals surface area (Å²) in [7, 11) is 1.59. The molecule has 1 rings (SSSR count). The molecular formula is C8H9LiO2. The van der Waals surface area contributed by atoms with Gasteiger partial charge >= 0.3 is 18.9 Å². The molecule has 2 nitrogen and oxygen atoms in total. The summed E-state index contributed by atoms with van der Waals surface area (Å²) in [6.07, 6.45) is 0. The summed E-state index contributed by atoms with van der Waals surface area (Å²) in [6, 6.07) is 10.2. The second-order valence-corrected chi connectivity index (χ2v) is 1.79. The van der Waals surface area contributed by atoms with Crippen LogP contribution in [0.1, 0.15) is 0 Å². The van der Waals surface area contributed by atoms with Crippen molar-refractivity contribution in [2.24, 2.45) is 0 Å². The second-order valence-electron chi connectivity index (χ2n) is 1.79. The van der Waals surface area contributed by atoms with Crippen molar-refractivity contribution < 1.29 is 28.3 Å². The fourth-order valence-electron chi connectivity index (χ4n) is 0.594. The molecule has 0 heterocycles. The molecular weight excluding hydrogens is 135 g/mol. The van der Waals surface area contributed by atoms with E-state index in [1.165, 1.54) is 0 Å². The largest absolute Gasteiger partial charge is 1.00 e. The average Bonchev–Trinajstić information content (AvgIpc) is 2.03. The number of methoxy groups -OCH3 is 1. The van der Waals surface area contributed by atoms with E-state index < -0.39 is 0 Å². The Morgan fingerprint density at radius 2 is 2.36 bits per heavy atom. The van der Waals surface area contributed by atoms with Crippen LogP contribution in [0.5, 0.6) is 5.75 Å². The second kappa shape index (κ2) is 6.30. The monoisotopic (exact) mass is 144 g/mol. The summed E-state index contributed by atoms with van der Waals surface area (Å²) < 4.78 is 9.81. The molecule has 0 fully saturated rings. The van der Waals surface area contributed by atoms with Crippen molar-refractivity contribution in [1.29, 1.82) is 0 Å². The van der Waals surface area contributed by atoms with E-state index in [1.54, 1.807) is 13.2 Å². The zero-order chi connectivity index (χ0) is 7.23. The van der Waals surface area contributed by atoms with E-state index in [0.717, 1.165) is 5.75 Å². The topological polar surface area (TPSA) is 18.5 Å². The van der Waals surface area contributed by atoms with Crippen molar-refractivity contribution >= 4 is 0 Å². The van der Waals surface area contributed by atoms with E-state index in [1.807, 2.05) is 18.2 Å². The number of hydrogen-bond donors (Lipinski definition) is 0. The van der Waals surface area contributed by atoms with Gasteiger partial charge in [-0.05, 0) is 0 Å². The van der Waals surface area contributed by atoms with E-state index >= 15 is 0 Å². The molecule has 0 unspecified atom stereocenters. The van der Waals surface area contributed by atoms with Crippen LogP contribution >= 0.6 is 0 Å². The normalized spacial score (nSPS) is 8.45. The maximum Gasteiger partial charge on any atom is 1.00 e. The fraction of sp³-hybridized carbons (Fsp3) is 0.250. The van der Waals surface area contributed by atoms with Crippen molar-refractivity contribution in [1.82, 2.24) is 0 Å². The molecule has 0 aliphatic heterocycles. The summed E-state index contributed by atoms with van der Waals surface area (Å²) in [4.78, 5) is 0. The van der Waals surface area contributed by atoms with Gasteiger partial charge in [0.15, 0.2) is 6.79 Å². The van der Waals surface area contributed by atoms with Crippen LogP contribution in [0.4, 0.5) is 0 Å². The predicted octanol–water partition coefficient (Wildman–Crippen LogP) is -1.53. The van der Waals surface area contributed by atoms with Gasteiger partial charge in [0.25, 0.3) is 0 Å². The average molecular weight is 144 g/mol. The first-order chi connectivity index (χ1) is 4.93. The van der Waals surface area contributed by atoms with Gasteiger partial charge in [-0.1, -0.05) is 0 Å². The molecule has 0 aromatic heterocycles. The number of hydrogen-bond acceptors (Lipinski definition) is 2. The molecule has 1 aromatic rings. The molecule has 0 aliphatic carbocycles. The third-order valence-corrected chi connectivity index (χ3v) is 1.02. The van der Waals surface area contributed by atoms with Crippen LogP contribution in [0.2, 0.25) is 0 Å². The molecule has 0 saturated carbocycles. The van der Waals surface area contributed by atoms with Crippen molar-refractivity contribution in [2.45, 2.75) is 0 Å². The first-order valence-corrected chi connectivity index (χ1v) is 3.01. The predicted molar refractivity (Wildman–Crippen MR) is 37.8 cm³/mol. The van der Waals surface area contributed by atoms with E-state index in [-0.39, 0.29) is 25.7 Å². The summed E-state index contributed by atoms with van der Waals surface area (Å²) in [6.45, 7) is 0.290. The Bertz CT molecular complexity index is 177. The van der Waals surface area contributed by atoms with Gasteiger partial charge in [0.2, 0.25) is 0 Å². The van der Waals surface area contributed by atoms with E-state index in [2.05, 4.69) is 6.07 Å². The van der Waals surface area contributed by atoms with Gasteiger partial charge in [0.1, 0.15) is 0 Å². The molecule has 0 N–H and O–H groups in total. The molecule has 0 aliphatic rings. The molecule has 0 atom stereocenters. The van der Waals surface area contributed by atoms with Gasteiger partial charge in [-0.3, -0.25) is 0 Å². The van der Waals surface area contributed by atoms with Gasteiger partial charge in [0, 0.05) is 12.9 Å². The molecule has 0 bridgehead atoms. The summed E-state index contributed by atoms with van der Waals surface area (Å²) in [5.41, 5.74) is 0. The smallest absolute Gasteiger partial charge is 0.528 e. The van der Waals surface area contributed by atoms with Crippen LogP contribution in [0.25, 0.3) is 0 Å². The zero-order valence-electron chi connectivity index (χ0n) is 6.83. The maximum absolute atomic E-state index is 5.10. The van der Waals surface area contributed by atoms with Crippen LogP contribution in [0.3, 0.4) is 0 Å². The maximum atomic E-state index is 5.10. The first-order valence-electron chi connectivity index (χ1n) is 3.01. The molecule has 0 spiro atoms. The minimum absolute atomic E-state index is 0. The zero-order valence-corrected chi connectivity index (χ0v) is 6.83. The van der Waals surface area contributed by atoms with E-state index in [4.69, 9.17) is 9.47 Å².